The maximum atomic E-state index is 4.38. The predicted molar refractivity (Wildman–Crippen MR) is 88.2 cm³/mol. The number of rotatable bonds is 6. The van der Waals surface area contributed by atoms with E-state index in [0.717, 1.165) is 35.0 Å². The molecule has 2 unspecified atom stereocenters. The van der Waals surface area contributed by atoms with Crippen LogP contribution < -0.4 is 10.6 Å². The van der Waals surface area contributed by atoms with E-state index in [1.54, 1.807) is 6.33 Å². The van der Waals surface area contributed by atoms with Crippen molar-refractivity contribution in [3.8, 4) is 0 Å². The molecule has 1 heterocycles. The summed E-state index contributed by atoms with van der Waals surface area (Å²) >= 11 is 3.62. The summed E-state index contributed by atoms with van der Waals surface area (Å²) in [4.78, 5) is 8.67. The van der Waals surface area contributed by atoms with Crippen LogP contribution in [0.2, 0.25) is 0 Å². The molecule has 1 saturated carbocycles. The molecule has 0 aliphatic heterocycles. The van der Waals surface area contributed by atoms with Crippen LogP contribution in [0.15, 0.2) is 10.8 Å². The van der Waals surface area contributed by atoms with E-state index < -0.39 is 0 Å². The molecule has 1 fully saturated rings. The molecule has 0 radical (unpaired) electrons. The van der Waals surface area contributed by atoms with Crippen molar-refractivity contribution in [2.24, 2.45) is 5.92 Å². The predicted octanol–water partition coefficient (Wildman–Crippen LogP) is 4.44. The number of nitrogens with zero attached hydrogens (tertiary/aromatic N) is 2. The van der Waals surface area contributed by atoms with E-state index in [1.165, 1.54) is 32.1 Å². The minimum atomic E-state index is 0.541. The van der Waals surface area contributed by atoms with Gasteiger partial charge in [0.1, 0.15) is 22.4 Å². The third-order valence-electron chi connectivity index (χ3n) is 4.03. The molecule has 2 atom stereocenters. The second-order valence-corrected chi connectivity index (χ2v) is 6.39. The highest BCUT2D eigenvalue weighted by Gasteiger charge is 2.22. The Morgan fingerprint density at radius 3 is 2.80 bits per heavy atom. The van der Waals surface area contributed by atoms with Crippen molar-refractivity contribution in [2.45, 2.75) is 58.4 Å². The van der Waals surface area contributed by atoms with Gasteiger partial charge in [-0.3, -0.25) is 0 Å². The highest BCUT2D eigenvalue weighted by molar-refractivity contribution is 9.10. The average molecular weight is 341 g/mol. The maximum absolute atomic E-state index is 4.38. The zero-order valence-corrected chi connectivity index (χ0v) is 14.0. The summed E-state index contributed by atoms with van der Waals surface area (Å²) in [6.45, 7) is 5.37. The minimum absolute atomic E-state index is 0.541. The van der Waals surface area contributed by atoms with Crippen molar-refractivity contribution < 1.29 is 0 Å². The number of halogens is 1. The third kappa shape index (κ3) is 4.08. The Balaban J connectivity index is 2.01. The molecule has 1 aliphatic carbocycles. The lowest BCUT2D eigenvalue weighted by Gasteiger charge is -2.29. The number of nitrogens with one attached hydrogen (secondary N) is 2. The van der Waals surface area contributed by atoms with Gasteiger partial charge >= 0.3 is 0 Å². The highest BCUT2D eigenvalue weighted by Crippen LogP contribution is 2.32. The fraction of sp³-hybridized carbons (Fsp3) is 0.733. The quantitative estimate of drug-likeness (QED) is 0.803. The number of hydrogen-bond donors (Lipinski definition) is 2. The molecule has 20 heavy (non-hydrogen) atoms. The van der Waals surface area contributed by atoms with Crippen molar-refractivity contribution in [3.63, 3.8) is 0 Å². The zero-order valence-electron chi connectivity index (χ0n) is 12.5. The molecular formula is C15H25BrN4. The van der Waals surface area contributed by atoms with E-state index in [2.05, 4.69) is 50.4 Å². The third-order valence-corrected chi connectivity index (χ3v) is 4.78. The fourth-order valence-electron chi connectivity index (χ4n) is 2.82. The van der Waals surface area contributed by atoms with Crippen molar-refractivity contribution in [2.75, 3.05) is 17.2 Å². The van der Waals surface area contributed by atoms with Crippen LogP contribution in [-0.4, -0.2) is 22.6 Å². The van der Waals surface area contributed by atoms with E-state index in [-0.39, 0.29) is 0 Å². The van der Waals surface area contributed by atoms with Crippen molar-refractivity contribution >= 4 is 27.6 Å². The van der Waals surface area contributed by atoms with E-state index in [0.29, 0.717) is 6.04 Å². The van der Waals surface area contributed by atoms with E-state index in [4.69, 9.17) is 0 Å². The van der Waals surface area contributed by atoms with Gasteiger partial charge < -0.3 is 10.6 Å². The van der Waals surface area contributed by atoms with Crippen molar-refractivity contribution in [3.05, 3.63) is 10.8 Å². The van der Waals surface area contributed by atoms with Crippen molar-refractivity contribution in [1.82, 2.24) is 9.97 Å². The molecule has 1 aliphatic rings. The van der Waals surface area contributed by atoms with Crippen LogP contribution in [0.4, 0.5) is 11.6 Å². The molecule has 0 aromatic carbocycles. The lowest BCUT2D eigenvalue weighted by Crippen LogP contribution is -2.27. The van der Waals surface area contributed by atoms with Gasteiger partial charge in [0.05, 0.1) is 0 Å². The second-order valence-electron chi connectivity index (χ2n) is 5.59. The van der Waals surface area contributed by atoms with Gasteiger partial charge in [-0.05, 0) is 41.1 Å². The first-order valence-electron chi connectivity index (χ1n) is 7.75. The largest absolute Gasteiger partial charge is 0.369 e. The van der Waals surface area contributed by atoms with Gasteiger partial charge in [0.2, 0.25) is 0 Å². The Labute approximate surface area is 130 Å². The molecule has 2 N–H and O–H groups in total. The Morgan fingerprint density at radius 1 is 1.25 bits per heavy atom. The van der Waals surface area contributed by atoms with Crippen LogP contribution in [0.3, 0.4) is 0 Å². The molecule has 2 rings (SSSR count). The SMILES string of the molecule is CCCNc1ncnc(NC2CCCC(CC)C2)c1Br. The van der Waals surface area contributed by atoms with Crippen LogP contribution in [0.25, 0.3) is 0 Å². The first-order chi connectivity index (χ1) is 9.74. The van der Waals surface area contributed by atoms with Crippen LogP contribution in [0.1, 0.15) is 52.4 Å². The highest BCUT2D eigenvalue weighted by atomic mass is 79.9. The van der Waals surface area contributed by atoms with Crippen molar-refractivity contribution in [1.29, 1.82) is 0 Å². The molecule has 0 saturated heterocycles. The Bertz CT molecular complexity index is 424. The Kier molecular flexibility index (Phi) is 6.07. The smallest absolute Gasteiger partial charge is 0.146 e. The normalized spacial score (nSPS) is 22.6. The summed E-state index contributed by atoms with van der Waals surface area (Å²) in [6.07, 6.45) is 9.19. The number of aromatic nitrogens is 2. The van der Waals surface area contributed by atoms with Crippen LogP contribution in [-0.2, 0) is 0 Å². The van der Waals surface area contributed by atoms with Crippen LogP contribution in [0, 0.1) is 5.92 Å². The lowest BCUT2D eigenvalue weighted by atomic mass is 9.84. The molecule has 1 aromatic heterocycles. The molecular weight excluding hydrogens is 316 g/mol. The van der Waals surface area contributed by atoms with Gasteiger partial charge in [-0.15, -0.1) is 0 Å². The standard InChI is InChI=1S/C15H25BrN4/c1-3-8-17-14-13(16)15(19-10-18-14)20-12-7-5-6-11(4-2)9-12/h10-12H,3-9H2,1-2H3,(H2,17,18,19,20). The second kappa shape index (κ2) is 7.81. The number of hydrogen-bond acceptors (Lipinski definition) is 4. The molecule has 4 nitrogen and oxygen atoms in total. The topological polar surface area (TPSA) is 49.8 Å². The van der Waals surface area contributed by atoms with Gasteiger partial charge in [0.15, 0.2) is 0 Å². The average Bonchev–Trinajstić information content (AvgIpc) is 2.48. The van der Waals surface area contributed by atoms with Crippen LogP contribution in [0.5, 0.6) is 0 Å². The van der Waals surface area contributed by atoms with E-state index in [1.807, 2.05) is 0 Å². The molecule has 0 amide bonds. The monoisotopic (exact) mass is 340 g/mol. The van der Waals surface area contributed by atoms with Gasteiger partial charge in [0.25, 0.3) is 0 Å². The zero-order chi connectivity index (χ0) is 14.4. The summed E-state index contributed by atoms with van der Waals surface area (Å²) in [5.74, 6) is 2.66. The summed E-state index contributed by atoms with van der Waals surface area (Å²) in [5, 5.41) is 6.91. The first-order valence-corrected chi connectivity index (χ1v) is 8.54. The fourth-order valence-corrected chi connectivity index (χ4v) is 3.28. The maximum Gasteiger partial charge on any atom is 0.146 e. The molecule has 0 bridgehead atoms. The Hall–Kier alpha value is -0.840. The van der Waals surface area contributed by atoms with Gasteiger partial charge in [-0.1, -0.05) is 33.1 Å². The lowest BCUT2D eigenvalue weighted by molar-refractivity contribution is 0.327. The summed E-state index contributed by atoms with van der Waals surface area (Å²) < 4.78 is 0.951. The number of anilines is 2. The summed E-state index contributed by atoms with van der Waals surface area (Å²) in [5.41, 5.74) is 0. The first kappa shape index (κ1) is 15.5. The van der Waals surface area contributed by atoms with Crippen LogP contribution >= 0.6 is 15.9 Å². The summed E-state index contributed by atoms with van der Waals surface area (Å²) in [7, 11) is 0. The Morgan fingerprint density at radius 2 is 2.05 bits per heavy atom. The van der Waals surface area contributed by atoms with E-state index >= 15 is 0 Å². The molecule has 5 heteroatoms. The van der Waals surface area contributed by atoms with Gasteiger partial charge in [0, 0.05) is 12.6 Å². The van der Waals surface area contributed by atoms with Gasteiger partial charge in [-0.2, -0.15) is 0 Å². The summed E-state index contributed by atoms with van der Waals surface area (Å²) in [6, 6.07) is 0.541. The molecule has 1 aromatic rings. The van der Waals surface area contributed by atoms with Gasteiger partial charge in [-0.25, -0.2) is 9.97 Å². The minimum Gasteiger partial charge on any atom is -0.369 e. The molecule has 112 valence electrons. The molecule has 0 spiro atoms. The van der Waals surface area contributed by atoms with E-state index in [9.17, 15) is 0 Å².